The fourth-order valence-corrected chi connectivity index (χ4v) is 4.20. The summed E-state index contributed by atoms with van der Waals surface area (Å²) in [5, 5.41) is 12.3. The molecule has 5 heteroatoms. The minimum atomic E-state index is -0.451. The number of carbonyl (C=O) groups is 1. The van der Waals surface area contributed by atoms with E-state index in [1.807, 2.05) is 12.1 Å². The van der Waals surface area contributed by atoms with E-state index < -0.39 is 5.91 Å². The highest BCUT2D eigenvalue weighted by Crippen LogP contribution is 2.23. The van der Waals surface area contributed by atoms with Crippen molar-refractivity contribution < 1.29 is 10.0 Å². The average molecular weight is 365 g/mol. The molecular weight excluding hydrogens is 338 g/mol. The van der Waals surface area contributed by atoms with E-state index in [0.29, 0.717) is 11.5 Å². The topological polar surface area (TPSA) is 64.6 Å². The Kier molecular flexibility index (Phi) is 5.53. The first-order valence-corrected chi connectivity index (χ1v) is 9.81. The van der Waals surface area contributed by atoms with Crippen molar-refractivity contribution in [2.24, 2.45) is 0 Å². The third-order valence-corrected chi connectivity index (χ3v) is 5.89. The predicted molar refractivity (Wildman–Crippen MR) is 105 cm³/mol. The van der Waals surface area contributed by atoms with Crippen LogP contribution in [-0.2, 0) is 19.4 Å². The molecule has 2 heterocycles. The smallest absolute Gasteiger partial charge is 0.274 e. The van der Waals surface area contributed by atoms with Crippen LogP contribution in [0.5, 0.6) is 0 Å². The summed E-state index contributed by atoms with van der Waals surface area (Å²) in [6, 6.07) is 14.8. The van der Waals surface area contributed by atoms with Crippen molar-refractivity contribution in [2.45, 2.75) is 31.7 Å². The van der Waals surface area contributed by atoms with Crippen molar-refractivity contribution in [3.05, 3.63) is 70.3 Å². The molecular formula is C22H27N3O2. The Balaban J connectivity index is 1.35. The molecule has 5 nitrogen and oxygen atoms in total. The van der Waals surface area contributed by atoms with Gasteiger partial charge in [-0.25, -0.2) is 5.48 Å². The molecule has 0 radical (unpaired) electrons. The van der Waals surface area contributed by atoms with Gasteiger partial charge in [-0.05, 0) is 66.1 Å². The highest BCUT2D eigenvalue weighted by molar-refractivity contribution is 5.93. The number of fused-ring (bicyclic) bond motifs is 1. The Labute approximate surface area is 160 Å². The lowest BCUT2D eigenvalue weighted by atomic mass is 9.96. The van der Waals surface area contributed by atoms with Gasteiger partial charge in [0.15, 0.2) is 0 Å². The van der Waals surface area contributed by atoms with Gasteiger partial charge in [0, 0.05) is 31.7 Å². The van der Waals surface area contributed by atoms with E-state index in [1.165, 1.54) is 28.7 Å². The summed E-state index contributed by atoms with van der Waals surface area (Å²) in [6.45, 7) is 5.14. The zero-order valence-electron chi connectivity index (χ0n) is 15.6. The van der Waals surface area contributed by atoms with Crippen LogP contribution in [0.1, 0.15) is 45.0 Å². The van der Waals surface area contributed by atoms with Gasteiger partial charge >= 0.3 is 0 Å². The summed E-state index contributed by atoms with van der Waals surface area (Å²) >= 11 is 0. The number of amides is 1. The number of hydrogen-bond donors (Lipinski definition) is 3. The molecule has 0 spiro atoms. The molecule has 0 saturated carbocycles. The average Bonchev–Trinajstić information content (AvgIpc) is 3.26. The molecule has 27 heavy (non-hydrogen) atoms. The molecule has 0 aromatic heterocycles. The van der Waals surface area contributed by atoms with Crippen LogP contribution in [0.15, 0.2) is 42.5 Å². The van der Waals surface area contributed by atoms with Gasteiger partial charge in [0.2, 0.25) is 0 Å². The van der Waals surface area contributed by atoms with E-state index >= 15 is 0 Å². The predicted octanol–water partition coefficient (Wildman–Crippen LogP) is 2.48. The van der Waals surface area contributed by atoms with Crippen molar-refractivity contribution in [3.8, 4) is 0 Å². The summed E-state index contributed by atoms with van der Waals surface area (Å²) < 4.78 is 0. The van der Waals surface area contributed by atoms with Gasteiger partial charge < -0.3 is 5.32 Å². The number of carbonyl (C=O) groups excluding carboxylic acids is 1. The monoisotopic (exact) mass is 365 g/mol. The molecule has 1 saturated heterocycles. The molecule has 1 atom stereocenters. The maximum atomic E-state index is 11.6. The number of hydrogen-bond acceptors (Lipinski definition) is 4. The largest absolute Gasteiger partial charge is 0.316 e. The van der Waals surface area contributed by atoms with Gasteiger partial charge in [0.25, 0.3) is 5.91 Å². The Morgan fingerprint density at radius 3 is 2.78 bits per heavy atom. The lowest BCUT2D eigenvalue weighted by Crippen LogP contribution is -2.32. The quantitative estimate of drug-likeness (QED) is 0.563. The molecule has 1 unspecified atom stereocenters. The van der Waals surface area contributed by atoms with Crippen LogP contribution in [0.3, 0.4) is 0 Å². The number of benzene rings is 2. The zero-order valence-corrected chi connectivity index (χ0v) is 15.6. The first-order chi connectivity index (χ1) is 13.2. The summed E-state index contributed by atoms with van der Waals surface area (Å²) in [6.07, 6.45) is 3.28. The first kappa shape index (κ1) is 18.2. The number of nitrogens with one attached hydrogen (secondary N) is 2. The fraction of sp³-hybridized carbons (Fsp3) is 0.409. The number of nitrogens with zero attached hydrogens (tertiary/aromatic N) is 1. The number of rotatable bonds is 5. The fourth-order valence-electron chi connectivity index (χ4n) is 4.20. The van der Waals surface area contributed by atoms with Crippen molar-refractivity contribution in [1.29, 1.82) is 0 Å². The van der Waals surface area contributed by atoms with Gasteiger partial charge in [-0.15, -0.1) is 0 Å². The molecule has 1 fully saturated rings. The maximum Gasteiger partial charge on any atom is 0.274 e. The molecule has 142 valence electrons. The Morgan fingerprint density at radius 1 is 1.19 bits per heavy atom. The van der Waals surface area contributed by atoms with Gasteiger partial charge in [-0.1, -0.05) is 30.3 Å². The Morgan fingerprint density at radius 2 is 2.04 bits per heavy atom. The molecule has 2 aromatic carbocycles. The van der Waals surface area contributed by atoms with Crippen LogP contribution in [0.2, 0.25) is 0 Å². The standard InChI is InChI=1S/C22H27N3O2/c26-22(24-27)19-6-5-18-9-12-25(15-21(18)13-19)11-8-16-1-3-17(4-2-16)20-7-10-23-14-20/h1-6,13,20,23,27H,7-12,14-15H2,(H,24,26). The van der Waals surface area contributed by atoms with Crippen molar-refractivity contribution in [1.82, 2.24) is 15.7 Å². The van der Waals surface area contributed by atoms with Crippen LogP contribution in [0.4, 0.5) is 0 Å². The Bertz CT molecular complexity index is 798. The zero-order chi connectivity index (χ0) is 18.6. The van der Waals surface area contributed by atoms with Gasteiger partial charge in [-0.3, -0.25) is 14.9 Å². The minimum Gasteiger partial charge on any atom is -0.316 e. The lowest BCUT2D eigenvalue weighted by molar-refractivity contribution is 0.0706. The summed E-state index contributed by atoms with van der Waals surface area (Å²) in [7, 11) is 0. The van der Waals surface area contributed by atoms with Crippen LogP contribution in [0, 0.1) is 0 Å². The van der Waals surface area contributed by atoms with Crippen molar-refractivity contribution >= 4 is 5.91 Å². The highest BCUT2D eigenvalue weighted by Gasteiger charge is 2.18. The summed E-state index contributed by atoms with van der Waals surface area (Å²) in [5.74, 6) is 0.218. The van der Waals surface area contributed by atoms with E-state index in [9.17, 15) is 4.79 Å². The highest BCUT2D eigenvalue weighted by atomic mass is 16.5. The third kappa shape index (κ3) is 4.21. The molecule has 2 aliphatic heterocycles. The van der Waals surface area contributed by atoms with Gasteiger partial charge in [0.1, 0.15) is 0 Å². The second-order valence-corrected chi connectivity index (χ2v) is 7.63. The van der Waals surface area contributed by atoms with E-state index in [-0.39, 0.29) is 0 Å². The molecule has 4 rings (SSSR count). The maximum absolute atomic E-state index is 11.6. The molecule has 3 N–H and O–H groups in total. The van der Waals surface area contributed by atoms with Gasteiger partial charge in [-0.2, -0.15) is 0 Å². The summed E-state index contributed by atoms with van der Waals surface area (Å²) in [5.41, 5.74) is 7.54. The summed E-state index contributed by atoms with van der Waals surface area (Å²) in [4.78, 5) is 14.1. The van der Waals surface area contributed by atoms with E-state index in [2.05, 4.69) is 34.5 Å². The first-order valence-electron chi connectivity index (χ1n) is 9.81. The van der Waals surface area contributed by atoms with Gasteiger partial charge in [0.05, 0.1) is 0 Å². The molecule has 2 aromatic rings. The second kappa shape index (κ2) is 8.21. The van der Waals surface area contributed by atoms with E-state index in [1.54, 1.807) is 11.5 Å². The molecule has 0 aliphatic carbocycles. The third-order valence-electron chi connectivity index (χ3n) is 5.89. The van der Waals surface area contributed by atoms with Crippen molar-refractivity contribution in [2.75, 3.05) is 26.2 Å². The number of hydroxylamine groups is 1. The van der Waals surface area contributed by atoms with Crippen LogP contribution < -0.4 is 10.8 Å². The molecule has 2 aliphatic rings. The SMILES string of the molecule is O=C(NO)c1ccc2c(c1)CN(CCc1ccc(C3CCNC3)cc1)CC2. The molecule has 0 bridgehead atoms. The van der Waals surface area contributed by atoms with Crippen LogP contribution >= 0.6 is 0 Å². The van der Waals surface area contributed by atoms with Crippen LogP contribution in [-0.4, -0.2) is 42.2 Å². The van der Waals surface area contributed by atoms with Crippen LogP contribution in [0.25, 0.3) is 0 Å². The Hall–Kier alpha value is -2.21. The minimum absolute atomic E-state index is 0.451. The normalized spacial score (nSPS) is 19.7. The van der Waals surface area contributed by atoms with E-state index in [0.717, 1.165) is 45.6 Å². The lowest BCUT2D eigenvalue weighted by Gasteiger charge is -2.29. The van der Waals surface area contributed by atoms with Crippen molar-refractivity contribution in [3.63, 3.8) is 0 Å². The van der Waals surface area contributed by atoms with E-state index in [4.69, 9.17) is 5.21 Å². The molecule has 1 amide bonds. The second-order valence-electron chi connectivity index (χ2n) is 7.63.